The second kappa shape index (κ2) is 22.0. The van der Waals surface area contributed by atoms with E-state index in [1.165, 1.54) is 57.8 Å². The summed E-state index contributed by atoms with van der Waals surface area (Å²) in [4.78, 5) is 14.2. The molecular weight excluding hydrogens is 366 g/mol. The Morgan fingerprint density at radius 2 is 1.21 bits per heavy atom. The van der Waals surface area contributed by atoms with E-state index in [9.17, 15) is 9.90 Å². The normalized spacial score (nSPS) is 12.3. The molecule has 6 heteroatoms. The van der Waals surface area contributed by atoms with Crippen molar-refractivity contribution in [2.75, 3.05) is 32.8 Å². The minimum Gasteiger partial charge on any atom is -0.396 e. The molecule has 1 atom stereocenters. The summed E-state index contributed by atoms with van der Waals surface area (Å²) in [6.45, 7) is 2.32. The molecule has 0 fully saturated rings. The third-order valence-electron chi connectivity index (χ3n) is 5.46. The second-order valence-electron chi connectivity index (χ2n) is 8.28. The Kier molecular flexibility index (Phi) is 21.5. The highest BCUT2D eigenvalue weighted by Crippen LogP contribution is 2.13. The number of amides is 1. The van der Waals surface area contributed by atoms with E-state index in [0.717, 1.165) is 32.1 Å². The molecule has 0 aliphatic rings. The van der Waals surface area contributed by atoms with Gasteiger partial charge in [-0.05, 0) is 38.8 Å². The van der Waals surface area contributed by atoms with Gasteiger partial charge in [-0.15, -0.1) is 0 Å². The Balaban J connectivity index is 3.62. The maximum atomic E-state index is 12.4. The fourth-order valence-electron chi connectivity index (χ4n) is 3.63. The van der Waals surface area contributed by atoms with Crippen molar-refractivity contribution in [3.63, 3.8) is 0 Å². The molecule has 6 N–H and O–H groups in total. The molecule has 0 saturated heterocycles. The Morgan fingerprint density at radius 3 is 1.66 bits per heavy atom. The van der Waals surface area contributed by atoms with Gasteiger partial charge in [-0.3, -0.25) is 4.79 Å². The van der Waals surface area contributed by atoms with Crippen molar-refractivity contribution in [2.45, 2.75) is 109 Å². The molecule has 0 aliphatic heterocycles. The SMILES string of the molecule is NCCCN(C[C@@H](O)CCN)C(=O)CCCCCCCCCCCCCCCO. The number of rotatable bonds is 22. The van der Waals surface area contributed by atoms with Crippen LogP contribution in [0.2, 0.25) is 0 Å². The fourth-order valence-corrected chi connectivity index (χ4v) is 3.63. The van der Waals surface area contributed by atoms with Crippen LogP contribution in [0.15, 0.2) is 0 Å². The molecule has 0 spiro atoms. The summed E-state index contributed by atoms with van der Waals surface area (Å²) in [5, 5.41) is 18.7. The van der Waals surface area contributed by atoms with Crippen LogP contribution in [0.5, 0.6) is 0 Å². The number of nitrogens with two attached hydrogens (primary N) is 2. The predicted molar refractivity (Wildman–Crippen MR) is 122 cm³/mol. The van der Waals surface area contributed by atoms with Gasteiger partial charge in [0.2, 0.25) is 5.91 Å². The van der Waals surface area contributed by atoms with Gasteiger partial charge in [0, 0.05) is 26.1 Å². The second-order valence-corrected chi connectivity index (χ2v) is 8.28. The fraction of sp³-hybridized carbons (Fsp3) is 0.957. The van der Waals surface area contributed by atoms with Gasteiger partial charge < -0.3 is 26.6 Å². The minimum atomic E-state index is -0.540. The summed E-state index contributed by atoms with van der Waals surface area (Å²) in [6.07, 6.45) is 17.1. The van der Waals surface area contributed by atoms with Crippen molar-refractivity contribution in [3.8, 4) is 0 Å². The van der Waals surface area contributed by atoms with Crippen molar-refractivity contribution < 1.29 is 15.0 Å². The van der Waals surface area contributed by atoms with Crippen LogP contribution in [-0.2, 0) is 4.79 Å². The van der Waals surface area contributed by atoms with Gasteiger partial charge in [0.05, 0.1) is 6.10 Å². The summed E-state index contributed by atoms with van der Waals surface area (Å²) >= 11 is 0. The number of nitrogens with zero attached hydrogens (tertiary/aromatic N) is 1. The monoisotopic (exact) mass is 415 g/mol. The van der Waals surface area contributed by atoms with Crippen LogP contribution in [0.1, 0.15) is 103 Å². The summed E-state index contributed by atoms with van der Waals surface area (Å²) in [5.74, 6) is 0.133. The Labute approximate surface area is 179 Å². The number of aliphatic hydroxyl groups is 2. The number of carbonyl (C=O) groups excluding carboxylic acids is 1. The lowest BCUT2D eigenvalue weighted by Crippen LogP contribution is -2.39. The van der Waals surface area contributed by atoms with E-state index in [0.29, 0.717) is 45.6 Å². The largest absolute Gasteiger partial charge is 0.396 e. The van der Waals surface area contributed by atoms with Gasteiger partial charge in [0.25, 0.3) is 0 Å². The first-order valence-corrected chi connectivity index (χ1v) is 12.1. The first-order valence-electron chi connectivity index (χ1n) is 12.1. The molecule has 0 radical (unpaired) electrons. The number of unbranched alkanes of at least 4 members (excludes halogenated alkanes) is 12. The van der Waals surface area contributed by atoms with Gasteiger partial charge in [-0.25, -0.2) is 0 Å². The van der Waals surface area contributed by atoms with Crippen molar-refractivity contribution in [1.82, 2.24) is 4.90 Å². The van der Waals surface area contributed by atoms with E-state index >= 15 is 0 Å². The molecule has 6 nitrogen and oxygen atoms in total. The van der Waals surface area contributed by atoms with Crippen LogP contribution in [-0.4, -0.2) is 59.9 Å². The van der Waals surface area contributed by atoms with Crippen LogP contribution in [0.4, 0.5) is 0 Å². The van der Waals surface area contributed by atoms with Gasteiger partial charge in [0.15, 0.2) is 0 Å². The van der Waals surface area contributed by atoms with Crippen molar-refractivity contribution in [1.29, 1.82) is 0 Å². The summed E-state index contributed by atoms with van der Waals surface area (Å²) in [7, 11) is 0. The first-order chi connectivity index (χ1) is 14.2. The highest BCUT2D eigenvalue weighted by atomic mass is 16.3. The molecule has 0 aromatic heterocycles. The number of hydrogen-bond acceptors (Lipinski definition) is 5. The van der Waals surface area contributed by atoms with Crippen LogP contribution >= 0.6 is 0 Å². The average molecular weight is 416 g/mol. The number of aliphatic hydroxyl groups excluding tert-OH is 2. The van der Waals surface area contributed by atoms with Crippen LogP contribution in [0.3, 0.4) is 0 Å². The van der Waals surface area contributed by atoms with Crippen molar-refractivity contribution >= 4 is 5.91 Å². The maximum absolute atomic E-state index is 12.4. The van der Waals surface area contributed by atoms with Gasteiger partial charge in [0.1, 0.15) is 0 Å². The molecule has 0 saturated carbocycles. The first kappa shape index (κ1) is 28.3. The van der Waals surface area contributed by atoms with Crippen LogP contribution in [0, 0.1) is 0 Å². The lowest BCUT2D eigenvalue weighted by Gasteiger charge is -2.25. The molecule has 0 aromatic rings. The molecule has 0 unspecified atom stereocenters. The molecule has 174 valence electrons. The van der Waals surface area contributed by atoms with E-state index in [1.54, 1.807) is 4.90 Å². The zero-order valence-corrected chi connectivity index (χ0v) is 18.8. The highest BCUT2D eigenvalue weighted by molar-refractivity contribution is 5.76. The molecule has 0 heterocycles. The van der Waals surface area contributed by atoms with Crippen molar-refractivity contribution in [3.05, 3.63) is 0 Å². The topological polar surface area (TPSA) is 113 Å². The molecule has 29 heavy (non-hydrogen) atoms. The summed E-state index contributed by atoms with van der Waals surface area (Å²) in [5.41, 5.74) is 11.1. The zero-order valence-electron chi connectivity index (χ0n) is 18.8. The molecule has 1 amide bonds. The Hall–Kier alpha value is -0.690. The van der Waals surface area contributed by atoms with E-state index in [2.05, 4.69) is 0 Å². The molecule has 0 bridgehead atoms. The van der Waals surface area contributed by atoms with E-state index < -0.39 is 6.10 Å². The Bertz CT molecular complexity index is 356. The third-order valence-corrected chi connectivity index (χ3v) is 5.46. The maximum Gasteiger partial charge on any atom is 0.222 e. The third kappa shape index (κ3) is 19.0. The van der Waals surface area contributed by atoms with E-state index in [1.807, 2.05) is 0 Å². The molecule has 0 aliphatic carbocycles. The van der Waals surface area contributed by atoms with Crippen LogP contribution < -0.4 is 11.5 Å². The number of hydrogen-bond donors (Lipinski definition) is 4. The van der Waals surface area contributed by atoms with E-state index in [-0.39, 0.29) is 5.91 Å². The highest BCUT2D eigenvalue weighted by Gasteiger charge is 2.16. The molecule has 0 aromatic carbocycles. The minimum absolute atomic E-state index is 0.133. The molecule has 0 rings (SSSR count). The predicted octanol–water partition coefficient (Wildman–Crippen LogP) is 3.33. The van der Waals surface area contributed by atoms with Gasteiger partial charge in [-0.2, -0.15) is 0 Å². The van der Waals surface area contributed by atoms with Gasteiger partial charge in [-0.1, -0.05) is 70.6 Å². The summed E-state index contributed by atoms with van der Waals surface area (Å²) in [6, 6.07) is 0. The Morgan fingerprint density at radius 1 is 0.724 bits per heavy atom. The zero-order chi connectivity index (χ0) is 21.6. The van der Waals surface area contributed by atoms with Crippen LogP contribution in [0.25, 0.3) is 0 Å². The standard InChI is InChI=1S/C23H49N3O3/c24-17-14-19-26(21-22(28)16-18-25)23(29)15-12-10-8-6-4-2-1-3-5-7-9-11-13-20-27/h22,27-28H,1-21,24-25H2/t22-/m0/s1. The quantitative estimate of drug-likeness (QED) is 0.203. The number of carbonyl (C=O) groups is 1. The summed E-state index contributed by atoms with van der Waals surface area (Å²) < 4.78 is 0. The smallest absolute Gasteiger partial charge is 0.222 e. The molecular formula is C23H49N3O3. The lowest BCUT2D eigenvalue weighted by atomic mass is 10.0. The van der Waals surface area contributed by atoms with E-state index in [4.69, 9.17) is 16.6 Å². The average Bonchev–Trinajstić information content (AvgIpc) is 2.71. The van der Waals surface area contributed by atoms with Gasteiger partial charge >= 0.3 is 0 Å². The lowest BCUT2D eigenvalue weighted by molar-refractivity contribution is -0.132. The van der Waals surface area contributed by atoms with Crippen molar-refractivity contribution in [2.24, 2.45) is 11.5 Å².